The van der Waals surface area contributed by atoms with E-state index >= 15 is 0 Å². The summed E-state index contributed by atoms with van der Waals surface area (Å²) in [6, 6.07) is 10.4. The number of aromatic nitrogens is 1. The fourth-order valence-corrected chi connectivity index (χ4v) is 3.55. The minimum atomic E-state index is 0.0569. The molecule has 25 heavy (non-hydrogen) atoms. The summed E-state index contributed by atoms with van der Waals surface area (Å²) in [6.45, 7) is 6.85. The third kappa shape index (κ3) is 3.39. The van der Waals surface area contributed by atoms with Gasteiger partial charge in [0, 0.05) is 12.7 Å². The summed E-state index contributed by atoms with van der Waals surface area (Å²) in [7, 11) is 0. The molecule has 0 radical (unpaired) electrons. The number of pyridine rings is 1. The highest BCUT2D eigenvalue weighted by Crippen LogP contribution is 2.42. The first-order valence-electron chi connectivity index (χ1n) is 9.29. The van der Waals surface area contributed by atoms with Gasteiger partial charge in [-0.1, -0.05) is 38.1 Å². The van der Waals surface area contributed by atoms with E-state index < -0.39 is 0 Å². The SMILES string of the molecule is CC.C[C@@H]1c2ccccc2CCN1C(=O)c1cnc(N)c(C2CC2)c1. The molecule has 1 saturated carbocycles. The van der Waals surface area contributed by atoms with Crippen LogP contribution in [0.1, 0.15) is 72.6 Å². The van der Waals surface area contributed by atoms with Crippen LogP contribution in [0.15, 0.2) is 36.5 Å². The molecule has 4 heteroatoms. The van der Waals surface area contributed by atoms with E-state index in [-0.39, 0.29) is 11.9 Å². The molecule has 1 aliphatic carbocycles. The Morgan fingerprint density at radius 2 is 1.92 bits per heavy atom. The molecule has 4 nitrogen and oxygen atoms in total. The highest BCUT2D eigenvalue weighted by Gasteiger charge is 2.30. The number of nitrogens with zero attached hydrogens (tertiary/aromatic N) is 2. The van der Waals surface area contributed by atoms with Gasteiger partial charge in [0.05, 0.1) is 11.6 Å². The molecule has 1 amide bonds. The van der Waals surface area contributed by atoms with E-state index in [1.54, 1.807) is 6.20 Å². The maximum absolute atomic E-state index is 13.0. The second-order valence-corrected chi connectivity index (χ2v) is 6.60. The standard InChI is InChI=1S/C19H21N3O.C2H6/c1-12-16-5-3-2-4-13(16)8-9-22(12)19(23)15-10-17(14-6-7-14)18(20)21-11-15;1-2/h2-5,10-12,14H,6-9H2,1H3,(H2,20,21);1-2H3/t12-;/m1./s1. The summed E-state index contributed by atoms with van der Waals surface area (Å²) in [5.41, 5.74) is 10.3. The molecule has 4 rings (SSSR count). The van der Waals surface area contributed by atoms with Crippen LogP contribution in [-0.2, 0) is 6.42 Å². The highest BCUT2D eigenvalue weighted by molar-refractivity contribution is 5.95. The van der Waals surface area contributed by atoms with E-state index in [4.69, 9.17) is 5.73 Å². The van der Waals surface area contributed by atoms with E-state index in [0.717, 1.165) is 31.4 Å². The summed E-state index contributed by atoms with van der Waals surface area (Å²) in [5.74, 6) is 1.12. The number of nitrogens with two attached hydrogens (primary N) is 1. The van der Waals surface area contributed by atoms with Gasteiger partial charge in [0.1, 0.15) is 5.82 Å². The number of nitrogen functional groups attached to an aromatic ring is 1. The topological polar surface area (TPSA) is 59.2 Å². The van der Waals surface area contributed by atoms with Crippen LogP contribution in [0.4, 0.5) is 5.82 Å². The van der Waals surface area contributed by atoms with Crippen molar-refractivity contribution in [2.45, 2.75) is 52.0 Å². The van der Waals surface area contributed by atoms with Crippen molar-refractivity contribution in [1.29, 1.82) is 0 Å². The van der Waals surface area contributed by atoms with Crippen LogP contribution in [0.2, 0.25) is 0 Å². The Morgan fingerprint density at radius 1 is 1.20 bits per heavy atom. The Morgan fingerprint density at radius 3 is 2.64 bits per heavy atom. The summed E-state index contributed by atoms with van der Waals surface area (Å²) >= 11 is 0. The lowest BCUT2D eigenvalue weighted by atomic mass is 9.93. The Kier molecular flexibility index (Phi) is 5.07. The van der Waals surface area contributed by atoms with Crippen LogP contribution in [0.3, 0.4) is 0 Å². The normalized spacial score (nSPS) is 18.8. The molecule has 1 aliphatic heterocycles. The first-order chi connectivity index (χ1) is 12.1. The average Bonchev–Trinajstić information content (AvgIpc) is 3.49. The second-order valence-electron chi connectivity index (χ2n) is 6.60. The van der Waals surface area contributed by atoms with Crippen LogP contribution in [0.25, 0.3) is 0 Å². The van der Waals surface area contributed by atoms with Crippen molar-refractivity contribution in [2.24, 2.45) is 0 Å². The zero-order valence-corrected chi connectivity index (χ0v) is 15.3. The fraction of sp³-hybridized carbons (Fsp3) is 0.429. The van der Waals surface area contributed by atoms with E-state index in [1.165, 1.54) is 11.1 Å². The number of amides is 1. The predicted octanol–water partition coefficient (Wildman–Crippen LogP) is 4.33. The second kappa shape index (κ2) is 7.26. The van der Waals surface area contributed by atoms with Gasteiger partial charge < -0.3 is 10.6 Å². The first kappa shape index (κ1) is 17.5. The van der Waals surface area contributed by atoms with Crippen LogP contribution in [-0.4, -0.2) is 22.3 Å². The number of anilines is 1. The number of hydrogen-bond acceptors (Lipinski definition) is 3. The molecule has 2 heterocycles. The molecule has 1 atom stereocenters. The smallest absolute Gasteiger partial charge is 0.255 e. The van der Waals surface area contributed by atoms with Crippen molar-refractivity contribution in [1.82, 2.24) is 9.88 Å². The molecule has 0 bridgehead atoms. The molecular weight excluding hydrogens is 310 g/mol. The quantitative estimate of drug-likeness (QED) is 0.887. The Hall–Kier alpha value is -2.36. The monoisotopic (exact) mass is 337 g/mol. The average molecular weight is 337 g/mol. The third-order valence-electron chi connectivity index (χ3n) is 5.07. The van der Waals surface area contributed by atoms with Gasteiger partial charge in [0.15, 0.2) is 0 Å². The molecule has 0 unspecified atom stereocenters. The lowest BCUT2D eigenvalue weighted by Gasteiger charge is -2.35. The lowest BCUT2D eigenvalue weighted by Crippen LogP contribution is -2.38. The van der Waals surface area contributed by atoms with E-state index in [2.05, 4.69) is 30.1 Å². The Balaban J connectivity index is 0.000000880. The van der Waals surface area contributed by atoms with Gasteiger partial charge in [-0.15, -0.1) is 0 Å². The first-order valence-corrected chi connectivity index (χ1v) is 9.29. The van der Waals surface area contributed by atoms with Crippen LogP contribution >= 0.6 is 0 Å². The minimum Gasteiger partial charge on any atom is -0.383 e. The molecule has 2 aromatic rings. The van der Waals surface area contributed by atoms with Crippen LogP contribution in [0, 0.1) is 0 Å². The van der Waals surface area contributed by atoms with Gasteiger partial charge in [0.25, 0.3) is 5.91 Å². The van der Waals surface area contributed by atoms with Crippen molar-refractivity contribution >= 4 is 11.7 Å². The summed E-state index contributed by atoms with van der Waals surface area (Å²) in [5, 5.41) is 0. The van der Waals surface area contributed by atoms with Crippen molar-refractivity contribution < 1.29 is 4.79 Å². The van der Waals surface area contributed by atoms with Gasteiger partial charge in [-0.25, -0.2) is 4.98 Å². The molecule has 132 valence electrons. The van der Waals surface area contributed by atoms with Crippen LogP contribution < -0.4 is 5.73 Å². The predicted molar refractivity (Wildman–Crippen MR) is 102 cm³/mol. The third-order valence-corrected chi connectivity index (χ3v) is 5.07. The Bertz CT molecular complexity index is 767. The zero-order valence-electron chi connectivity index (χ0n) is 15.3. The maximum atomic E-state index is 13.0. The molecule has 1 aromatic carbocycles. The minimum absolute atomic E-state index is 0.0569. The number of hydrogen-bond donors (Lipinski definition) is 1. The molecule has 0 spiro atoms. The molecule has 1 aromatic heterocycles. The van der Waals surface area contributed by atoms with Crippen molar-refractivity contribution in [3.63, 3.8) is 0 Å². The van der Waals surface area contributed by atoms with E-state index in [1.807, 2.05) is 30.9 Å². The molecule has 2 aliphatic rings. The number of carbonyl (C=O) groups is 1. The van der Waals surface area contributed by atoms with Crippen molar-refractivity contribution in [3.8, 4) is 0 Å². The van der Waals surface area contributed by atoms with Crippen LogP contribution in [0.5, 0.6) is 0 Å². The number of benzene rings is 1. The number of carbonyl (C=O) groups excluding carboxylic acids is 1. The lowest BCUT2D eigenvalue weighted by molar-refractivity contribution is 0.0677. The fourth-order valence-electron chi connectivity index (χ4n) is 3.55. The van der Waals surface area contributed by atoms with Gasteiger partial charge in [-0.2, -0.15) is 0 Å². The van der Waals surface area contributed by atoms with Gasteiger partial charge in [-0.05, 0) is 54.9 Å². The largest absolute Gasteiger partial charge is 0.383 e. The number of rotatable bonds is 2. The van der Waals surface area contributed by atoms with Crippen molar-refractivity contribution in [3.05, 3.63) is 58.8 Å². The molecule has 1 fully saturated rings. The summed E-state index contributed by atoms with van der Waals surface area (Å²) in [4.78, 5) is 19.2. The molecule has 2 N–H and O–H groups in total. The molecular formula is C21H27N3O. The van der Waals surface area contributed by atoms with E-state index in [0.29, 0.717) is 17.3 Å². The summed E-state index contributed by atoms with van der Waals surface area (Å²) in [6.07, 6.45) is 4.83. The zero-order chi connectivity index (χ0) is 18.0. The van der Waals surface area contributed by atoms with Gasteiger partial charge in [-0.3, -0.25) is 4.79 Å². The van der Waals surface area contributed by atoms with Gasteiger partial charge >= 0.3 is 0 Å². The Labute approximate surface area is 150 Å². The maximum Gasteiger partial charge on any atom is 0.255 e. The number of fused-ring (bicyclic) bond motifs is 1. The summed E-state index contributed by atoms with van der Waals surface area (Å²) < 4.78 is 0. The van der Waals surface area contributed by atoms with E-state index in [9.17, 15) is 4.79 Å². The highest BCUT2D eigenvalue weighted by atomic mass is 16.2. The molecule has 0 saturated heterocycles. The van der Waals surface area contributed by atoms with Gasteiger partial charge in [0.2, 0.25) is 0 Å². The van der Waals surface area contributed by atoms with Crippen molar-refractivity contribution in [2.75, 3.05) is 12.3 Å².